The second-order valence-electron chi connectivity index (χ2n) is 14.9. The monoisotopic (exact) mass is 634 g/mol. The van der Waals surface area contributed by atoms with E-state index in [2.05, 4.69) is 196 Å². The molecule has 0 spiro atoms. The van der Waals surface area contributed by atoms with Gasteiger partial charge in [0.05, 0.1) is 0 Å². The van der Waals surface area contributed by atoms with Crippen LogP contribution in [-0.2, 0) is 0 Å². The van der Waals surface area contributed by atoms with Gasteiger partial charge in [0.2, 0.25) is 0 Å². The van der Waals surface area contributed by atoms with Crippen molar-refractivity contribution in [3.8, 4) is 17.2 Å². The first-order valence-electron chi connectivity index (χ1n) is 16.1. The molecule has 0 aliphatic carbocycles. The van der Waals surface area contributed by atoms with Crippen molar-refractivity contribution in [3.05, 3.63) is 133 Å². The van der Waals surface area contributed by atoms with Gasteiger partial charge in [-0.15, -0.1) is 0 Å². The molecule has 5 rings (SSSR count). The van der Waals surface area contributed by atoms with Crippen LogP contribution in [-0.4, -0.2) is 16.8 Å². The fourth-order valence-corrected chi connectivity index (χ4v) is 13.2. The second kappa shape index (κ2) is 12.2. The van der Waals surface area contributed by atoms with E-state index in [1.165, 1.54) is 24.5 Å². The van der Waals surface area contributed by atoms with Crippen LogP contribution >= 0.6 is 9.16 Å². The molecule has 3 nitrogen and oxygen atoms in total. The van der Waals surface area contributed by atoms with Gasteiger partial charge in [-0.3, -0.25) is 0 Å². The molecule has 0 radical (unpaired) electrons. The summed E-state index contributed by atoms with van der Waals surface area (Å²) >= 11 is 0. The van der Waals surface area contributed by atoms with Crippen LogP contribution in [0, 0.1) is 0 Å². The molecule has 0 unspecified atom stereocenters. The van der Waals surface area contributed by atoms with E-state index < -0.39 is 9.16 Å². The molecular formula is C42H50O3S. The number of hydrogen-bond acceptors (Lipinski definition) is 3. The lowest BCUT2D eigenvalue weighted by atomic mass is 10.2. The van der Waals surface area contributed by atoms with Crippen molar-refractivity contribution in [3.63, 3.8) is 0 Å². The molecule has 46 heavy (non-hydrogen) atoms. The zero-order valence-electron chi connectivity index (χ0n) is 28.9. The predicted molar refractivity (Wildman–Crippen MR) is 194 cm³/mol. The lowest BCUT2D eigenvalue weighted by Crippen LogP contribution is -2.25. The highest BCUT2D eigenvalue weighted by Crippen LogP contribution is 2.94. The Hall–Kier alpha value is -4.15. The average molecular weight is 635 g/mol. The summed E-state index contributed by atoms with van der Waals surface area (Å²) in [6.07, 6.45) is 0. The molecular weight excluding hydrogens is 585 g/mol. The third-order valence-corrected chi connectivity index (χ3v) is 14.5. The molecule has 5 aromatic carbocycles. The van der Waals surface area contributed by atoms with Gasteiger partial charge in [-0.05, 0) is 160 Å². The highest BCUT2D eigenvalue weighted by molar-refractivity contribution is 8.49. The molecule has 0 saturated carbocycles. The molecule has 242 valence electrons. The Balaban J connectivity index is 1.94. The van der Waals surface area contributed by atoms with E-state index in [0.717, 1.165) is 17.2 Å². The van der Waals surface area contributed by atoms with E-state index >= 15 is 0 Å². The molecule has 0 N–H and O–H groups in total. The predicted octanol–water partition coefficient (Wildman–Crippen LogP) is 11.9. The van der Waals surface area contributed by atoms with E-state index in [0.29, 0.717) is 0 Å². The molecule has 0 bridgehead atoms. The number of hydrogen-bond donors (Lipinski definition) is 1. The normalized spacial score (nSPS) is 13.4. The first-order valence-corrected chi connectivity index (χ1v) is 18.4. The van der Waals surface area contributed by atoms with Crippen molar-refractivity contribution in [2.75, 3.05) is 0 Å². The van der Waals surface area contributed by atoms with Crippen molar-refractivity contribution < 1.29 is 14.2 Å². The maximum Gasteiger partial charge on any atom is 0.120 e. The molecule has 0 atom stereocenters. The molecule has 0 fully saturated rings. The minimum atomic E-state index is -3.68. The van der Waals surface area contributed by atoms with Crippen LogP contribution in [0.15, 0.2) is 158 Å². The summed E-state index contributed by atoms with van der Waals surface area (Å²) in [5.41, 5.74) is -0.924. The molecule has 0 heterocycles. The third kappa shape index (κ3) is 6.41. The van der Waals surface area contributed by atoms with E-state index in [1.54, 1.807) is 0 Å². The van der Waals surface area contributed by atoms with Gasteiger partial charge in [0.25, 0.3) is 0 Å². The summed E-state index contributed by atoms with van der Waals surface area (Å²) in [5.74, 6) is 2.53. The summed E-state index contributed by atoms with van der Waals surface area (Å²) in [6.45, 7) is 18.7. The first kappa shape index (κ1) is 33.2. The average Bonchev–Trinajstić information content (AvgIpc) is 2.99. The van der Waals surface area contributed by atoms with Crippen LogP contribution in [0.1, 0.15) is 62.3 Å². The smallest absolute Gasteiger partial charge is 0.120 e. The zero-order chi connectivity index (χ0) is 33.2. The molecule has 0 aliphatic heterocycles. The van der Waals surface area contributed by atoms with Gasteiger partial charge in [0.15, 0.2) is 0 Å². The largest absolute Gasteiger partial charge is 0.488 e. The molecule has 0 aromatic heterocycles. The molecule has 0 aliphatic rings. The van der Waals surface area contributed by atoms with Crippen LogP contribution in [0.2, 0.25) is 0 Å². The molecule has 4 heteroatoms. The lowest BCUT2D eigenvalue weighted by molar-refractivity contribution is 0.130. The second-order valence-corrected chi connectivity index (χ2v) is 19.7. The van der Waals surface area contributed by atoms with Crippen molar-refractivity contribution in [2.45, 2.75) is 104 Å². The van der Waals surface area contributed by atoms with E-state index in [4.69, 9.17) is 14.2 Å². The molecule has 0 saturated heterocycles. The van der Waals surface area contributed by atoms with Gasteiger partial charge in [0, 0.05) is 0 Å². The number of rotatable bonds is 8. The Morgan fingerprint density at radius 3 is 0.739 bits per heavy atom. The maximum absolute atomic E-state index is 6.33. The summed E-state index contributed by atoms with van der Waals surface area (Å²) in [7, 11) is -3.68. The minimum absolute atomic E-state index is 0.308. The van der Waals surface area contributed by atoms with E-state index in [-0.39, 0.29) is 16.8 Å². The van der Waals surface area contributed by atoms with Crippen molar-refractivity contribution in [1.82, 2.24) is 0 Å². The topological polar surface area (TPSA) is 27.7 Å². The lowest BCUT2D eigenvalue weighted by Gasteiger charge is -2.63. The highest BCUT2D eigenvalue weighted by Gasteiger charge is 2.50. The van der Waals surface area contributed by atoms with E-state index in [1.807, 2.05) is 0 Å². The quantitative estimate of drug-likeness (QED) is 0.172. The summed E-state index contributed by atoms with van der Waals surface area (Å²) in [5, 5.41) is 0. The Morgan fingerprint density at radius 2 is 0.522 bits per heavy atom. The fraction of sp³-hybridized carbons (Fsp3) is 0.286. The third-order valence-electron chi connectivity index (χ3n) is 7.88. The summed E-state index contributed by atoms with van der Waals surface area (Å²) in [4.78, 5) is 6.16. The van der Waals surface area contributed by atoms with Crippen molar-refractivity contribution >= 4 is 9.16 Å². The van der Waals surface area contributed by atoms with Gasteiger partial charge in [0.1, 0.15) is 34.1 Å². The summed E-state index contributed by atoms with van der Waals surface area (Å²) in [6, 6.07) is 48.4. The number of ether oxygens (including phenoxy) is 3. The van der Waals surface area contributed by atoms with Crippen LogP contribution in [0.25, 0.3) is 0 Å². The van der Waals surface area contributed by atoms with Gasteiger partial charge in [-0.1, -0.05) is 60.7 Å². The fourth-order valence-electron chi connectivity index (χ4n) is 6.44. The van der Waals surface area contributed by atoms with Gasteiger partial charge in [-0.25, -0.2) is 0 Å². The molecule has 5 aromatic rings. The van der Waals surface area contributed by atoms with Crippen molar-refractivity contribution in [2.24, 2.45) is 0 Å². The van der Waals surface area contributed by atoms with E-state index in [9.17, 15) is 0 Å². The Bertz CT molecular complexity index is 1530. The Kier molecular flexibility index (Phi) is 8.83. The zero-order valence-corrected chi connectivity index (χ0v) is 29.8. The van der Waals surface area contributed by atoms with Crippen LogP contribution < -0.4 is 14.2 Å². The minimum Gasteiger partial charge on any atom is -0.488 e. The standard InChI is InChI=1S/C42H50O3S/c1-40(2,3)43-32-20-26-37(27-21-32)46(35-16-12-10-13-17-35,36-18-14-11-15-19-36,38-28-22-33(23-29-38)44-41(4,5)6)39-30-24-34(25-31-39)45-42(7,8)9/h10-31,46H,1-9H3. The Morgan fingerprint density at radius 1 is 0.304 bits per heavy atom. The van der Waals surface area contributed by atoms with Crippen LogP contribution in [0.3, 0.4) is 0 Å². The van der Waals surface area contributed by atoms with Gasteiger partial charge >= 0.3 is 0 Å². The van der Waals surface area contributed by atoms with Crippen LogP contribution in [0.5, 0.6) is 17.2 Å². The number of thiol groups is 1. The Labute approximate surface area is 276 Å². The molecule has 0 amide bonds. The van der Waals surface area contributed by atoms with Gasteiger partial charge < -0.3 is 14.2 Å². The SMILES string of the molecule is CC(C)(C)Oc1ccc([SH](c2ccccc2)(c2ccccc2)(c2ccc(OC(C)(C)C)cc2)c2ccc(OC(C)(C)C)cc2)cc1. The maximum atomic E-state index is 6.33. The summed E-state index contributed by atoms with van der Waals surface area (Å²) < 4.78 is 19.0. The first-order chi connectivity index (χ1) is 21.6. The highest BCUT2D eigenvalue weighted by atomic mass is 32.3. The van der Waals surface area contributed by atoms with Crippen LogP contribution in [0.4, 0.5) is 0 Å². The van der Waals surface area contributed by atoms with Gasteiger partial charge in [-0.2, -0.15) is 9.16 Å². The number of benzene rings is 5. The van der Waals surface area contributed by atoms with Crippen molar-refractivity contribution in [1.29, 1.82) is 0 Å².